The van der Waals surface area contributed by atoms with E-state index in [-0.39, 0.29) is 0 Å². The molecule has 1 heteroatoms. The van der Waals surface area contributed by atoms with Gasteiger partial charge in [0.25, 0.3) is 0 Å². The van der Waals surface area contributed by atoms with Gasteiger partial charge in [0.1, 0.15) is 0 Å². The first-order valence-electron chi connectivity index (χ1n) is 14.6. The van der Waals surface area contributed by atoms with E-state index in [1.165, 1.54) is 167 Å². The third-order valence-corrected chi connectivity index (χ3v) is 7.55. The molecule has 0 saturated heterocycles. The Labute approximate surface area is 192 Å². The molecule has 0 spiro atoms. The molecule has 1 rings (SSSR count). The smallest absolute Gasteiger partial charge is 0.00951 e. The van der Waals surface area contributed by atoms with Crippen molar-refractivity contribution in [3.8, 4) is 0 Å². The molecule has 1 aliphatic carbocycles. The Morgan fingerprint density at radius 2 is 0.800 bits per heavy atom. The predicted octanol–water partition coefficient (Wildman–Crippen LogP) is 10.1. The van der Waals surface area contributed by atoms with Gasteiger partial charge in [-0.1, -0.05) is 149 Å². The number of hydrogen-bond donors (Lipinski definition) is 0. The summed E-state index contributed by atoms with van der Waals surface area (Å²) in [5.41, 5.74) is 0. The van der Waals surface area contributed by atoms with E-state index in [9.17, 15) is 0 Å². The minimum atomic E-state index is 0.926. The SMILES string of the molecule is CCCCCCCCCCCCCCCCCCCCCCN(CC)C1CCCC1. The maximum absolute atomic E-state index is 2.77. The molecule has 0 aliphatic heterocycles. The van der Waals surface area contributed by atoms with Crippen LogP contribution in [0.1, 0.15) is 168 Å². The molecule has 1 nitrogen and oxygen atoms in total. The standard InChI is InChI=1S/C29H59N/c1-3-5-6-7-8-9-10-11-12-13-14-15-16-17-18-19-20-21-22-25-28-30(4-2)29-26-23-24-27-29/h29H,3-28H2,1-2H3. The van der Waals surface area contributed by atoms with Gasteiger partial charge in [0, 0.05) is 6.04 Å². The highest BCUT2D eigenvalue weighted by Gasteiger charge is 2.20. The van der Waals surface area contributed by atoms with Gasteiger partial charge >= 0.3 is 0 Å². The third kappa shape index (κ3) is 16.6. The summed E-state index contributed by atoms with van der Waals surface area (Å²) in [5, 5.41) is 0. The Hall–Kier alpha value is -0.0400. The Morgan fingerprint density at radius 1 is 0.467 bits per heavy atom. The van der Waals surface area contributed by atoms with Gasteiger partial charge in [-0.2, -0.15) is 0 Å². The summed E-state index contributed by atoms with van der Waals surface area (Å²) >= 11 is 0. The number of rotatable bonds is 23. The van der Waals surface area contributed by atoms with Gasteiger partial charge < -0.3 is 4.90 Å². The molecule has 0 aromatic heterocycles. The zero-order valence-corrected chi connectivity index (χ0v) is 21.4. The maximum atomic E-state index is 2.77. The van der Waals surface area contributed by atoms with Gasteiger partial charge in [0.05, 0.1) is 0 Å². The van der Waals surface area contributed by atoms with Crippen LogP contribution in [0.4, 0.5) is 0 Å². The molecule has 0 atom stereocenters. The van der Waals surface area contributed by atoms with E-state index < -0.39 is 0 Å². The van der Waals surface area contributed by atoms with Crippen LogP contribution in [0.15, 0.2) is 0 Å². The molecule has 1 aliphatic rings. The quantitative estimate of drug-likeness (QED) is 0.148. The Kier molecular flexibility index (Phi) is 20.7. The molecular weight excluding hydrogens is 362 g/mol. The molecule has 0 N–H and O–H groups in total. The fraction of sp³-hybridized carbons (Fsp3) is 1.00. The van der Waals surface area contributed by atoms with E-state index in [2.05, 4.69) is 18.7 Å². The van der Waals surface area contributed by atoms with E-state index in [0.29, 0.717) is 0 Å². The highest BCUT2D eigenvalue weighted by atomic mass is 15.1. The van der Waals surface area contributed by atoms with Crippen LogP contribution in [0, 0.1) is 0 Å². The zero-order valence-electron chi connectivity index (χ0n) is 21.4. The molecule has 1 fully saturated rings. The van der Waals surface area contributed by atoms with Crippen molar-refractivity contribution in [2.45, 2.75) is 174 Å². The van der Waals surface area contributed by atoms with Crippen LogP contribution in [0.5, 0.6) is 0 Å². The Balaban J connectivity index is 1.70. The van der Waals surface area contributed by atoms with Crippen LogP contribution < -0.4 is 0 Å². The topological polar surface area (TPSA) is 3.24 Å². The lowest BCUT2D eigenvalue weighted by Gasteiger charge is -2.27. The molecule has 0 heterocycles. The average Bonchev–Trinajstić information content (AvgIpc) is 3.29. The van der Waals surface area contributed by atoms with Gasteiger partial charge in [-0.3, -0.25) is 0 Å². The van der Waals surface area contributed by atoms with Crippen LogP contribution in [0.3, 0.4) is 0 Å². The molecule has 0 amide bonds. The summed E-state index contributed by atoms with van der Waals surface area (Å²) in [6.45, 7) is 7.29. The van der Waals surface area contributed by atoms with Crippen molar-refractivity contribution in [2.24, 2.45) is 0 Å². The molecule has 0 aromatic carbocycles. The van der Waals surface area contributed by atoms with Gasteiger partial charge in [0.2, 0.25) is 0 Å². The fourth-order valence-electron chi connectivity index (χ4n) is 5.44. The summed E-state index contributed by atoms with van der Waals surface area (Å²) in [6.07, 6.45) is 35.4. The van der Waals surface area contributed by atoms with Crippen molar-refractivity contribution in [3.63, 3.8) is 0 Å². The number of unbranched alkanes of at least 4 members (excludes halogenated alkanes) is 19. The minimum absolute atomic E-state index is 0.926. The first-order valence-corrected chi connectivity index (χ1v) is 14.6. The third-order valence-electron chi connectivity index (χ3n) is 7.55. The van der Waals surface area contributed by atoms with Crippen LogP contribution in [-0.2, 0) is 0 Å². The van der Waals surface area contributed by atoms with Crippen LogP contribution in [0.25, 0.3) is 0 Å². The molecule has 1 saturated carbocycles. The van der Waals surface area contributed by atoms with Crippen molar-refractivity contribution in [1.82, 2.24) is 4.90 Å². The lowest BCUT2D eigenvalue weighted by molar-refractivity contribution is 0.204. The lowest BCUT2D eigenvalue weighted by atomic mass is 10.0. The minimum Gasteiger partial charge on any atom is -0.301 e. The predicted molar refractivity (Wildman–Crippen MR) is 138 cm³/mol. The fourth-order valence-corrected chi connectivity index (χ4v) is 5.44. The van der Waals surface area contributed by atoms with Gasteiger partial charge in [-0.15, -0.1) is 0 Å². The second-order valence-electron chi connectivity index (χ2n) is 10.3. The highest BCUT2D eigenvalue weighted by Crippen LogP contribution is 2.23. The van der Waals surface area contributed by atoms with E-state index >= 15 is 0 Å². The first-order chi connectivity index (χ1) is 14.9. The molecule has 30 heavy (non-hydrogen) atoms. The summed E-state index contributed by atoms with van der Waals surface area (Å²) in [4.78, 5) is 2.77. The molecule has 0 aromatic rings. The van der Waals surface area contributed by atoms with Crippen molar-refractivity contribution in [2.75, 3.05) is 13.1 Å². The second kappa shape index (κ2) is 22.2. The van der Waals surface area contributed by atoms with E-state index in [1.807, 2.05) is 0 Å². The molecule has 0 bridgehead atoms. The van der Waals surface area contributed by atoms with E-state index in [0.717, 1.165) is 6.04 Å². The summed E-state index contributed by atoms with van der Waals surface area (Å²) in [6, 6.07) is 0.926. The normalized spacial score (nSPS) is 14.9. The van der Waals surface area contributed by atoms with Crippen molar-refractivity contribution < 1.29 is 0 Å². The summed E-state index contributed by atoms with van der Waals surface area (Å²) < 4.78 is 0. The summed E-state index contributed by atoms with van der Waals surface area (Å²) in [5.74, 6) is 0. The zero-order chi connectivity index (χ0) is 21.5. The van der Waals surface area contributed by atoms with E-state index in [1.54, 1.807) is 0 Å². The number of hydrogen-bond acceptors (Lipinski definition) is 1. The van der Waals surface area contributed by atoms with Crippen molar-refractivity contribution in [3.05, 3.63) is 0 Å². The molecule has 0 unspecified atom stereocenters. The largest absolute Gasteiger partial charge is 0.301 e. The van der Waals surface area contributed by atoms with Gasteiger partial charge in [-0.05, 0) is 32.4 Å². The van der Waals surface area contributed by atoms with Crippen LogP contribution in [-0.4, -0.2) is 24.0 Å². The maximum Gasteiger partial charge on any atom is 0.00951 e. The highest BCUT2D eigenvalue weighted by molar-refractivity contribution is 4.76. The second-order valence-corrected chi connectivity index (χ2v) is 10.3. The average molecular weight is 422 g/mol. The Bertz CT molecular complexity index is 320. The van der Waals surface area contributed by atoms with E-state index in [4.69, 9.17) is 0 Å². The first kappa shape index (κ1) is 28.0. The van der Waals surface area contributed by atoms with Gasteiger partial charge in [0.15, 0.2) is 0 Å². The van der Waals surface area contributed by atoms with Crippen molar-refractivity contribution >= 4 is 0 Å². The Morgan fingerprint density at radius 3 is 1.13 bits per heavy atom. The molecular formula is C29H59N. The lowest BCUT2D eigenvalue weighted by Crippen LogP contribution is -2.33. The van der Waals surface area contributed by atoms with Gasteiger partial charge in [-0.25, -0.2) is 0 Å². The van der Waals surface area contributed by atoms with Crippen LogP contribution >= 0.6 is 0 Å². The van der Waals surface area contributed by atoms with Crippen LogP contribution in [0.2, 0.25) is 0 Å². The molecule has 0 radical (unpaired) electrons. The monoisotopic (exact) mass is 421 g/mol. The number of nitrogens with zero attached hydrogens (tertiary/aromatic N) is 1. The molecule has 180 valence electrons. The summed E-state index contributed by atoms with van der Waals surface area (Å²) in [7, 11) is 0. The van der Waals surface area contributed by atoms with Crippen molar-refractivity contribution in [1.29, 1.82) is 0 Å².